The number of aromatic nitrogens is 3. The van der Waals surface area contributed by atoms with Crippen LogP contribution in [0.15, 0.2) is 78.9 Å². The maximum absolute atomic E-state index is 13.3. The number of piperidine rings is 1. The number of halogens is 1. The molecule has 1 amide bonds. The van der Waals surface area contributed by atoms with Crippen LogP contribution in [0, 0.1) is 5.82 Å². The average molecular weight is 488 g/mol. The van der Waals surface area contributed by atoms with Gasteiger partial charge in [-0.2, -0.15) is 0 Å². The molecule has 2 N–H and O–H groups in total. The van der Waals surface area contributed by atoms with Crippen molar-refractivity contribution in [2.24, 2.45) is 0 Å². The monoisotopic (exact) mass is 487 g/mol. The molecule has 0 bridgehead atoms. The highest BCUT2D eigenvalue weighted by molar-refractivity contribution is 5.94. The number of hydrogen-bond donors (Lipinski definition) is 2. The minimum Gasteiger partial charge on any atom is -0.388 e. The van der Waals surface area contributed by atoms with E-state index in [2.05, 4.69) is 20.5 Å². The van der Waals surface area contributed by atoms with Gasteiger partial charge in [-0.3, -0.25) is 4.79 Å². The molecule has 186 valence electrons. The first kappa shape index (κ1) is 24.1. The zero-order valence-corrected chi connectivity index (χ0v) is 20.1. The molecule has 4 aromatic rings. The second-order valence-electron chi connectivity index (χ2n) is 9.53. The Balaban J connectivity index is 1.19. The maximum atomic E-state index is 13.3. The van der Waals surface area contributed by atoms with Crippen LogP contribution in [0.1, 0.15) is 41.2 Å². The van der Waals surface area contributed by atoms with Crippen molar-refractivity contribution in [3.63, 3.8) is 0 Å². The van der Waals surface area contributed by atoms with Crippen molar-refractivity contribution >= 4 is 16.9 Å². The van der Waals surface area contributed by atoms with Crippen LogP contribution in [0.2, 0.25) is 0 Å². The van der Waals surface area contributed by atoms with E-state index in [1.807, 2.05) is 54.6 Å². The second kappa shape index (κ2) is 10.6. The Bertz CT molecular complexity index is 1300. The molecular weight excluding hydrogens is 457 g/mol. The number of carbonyl (C=O) groups is 1. The zero-order chi connectivity index (χ0) is 25.0. The van der Waals surface area contributed by atoms with E-state index in [0.29, 0.717) is 24.9 Å². The molecule has 8 heteroatoms. The fourth-order valence-electron chi connectivity index (χ4n) is 4.83. The molecule has 1 aromatic heterocycles. The van der Waals surface area contributed by atoms with Crippen molar-refractivity contribution in [1.29, 1.82) is 0 Å². The van der Waals surface area contributed by atoms with Gasteiger partial charge in [0.25, 0.3) is 5.91 Å². The first-order valence-electron chi connectivity index (χ1n) is 12.3. The van der Waals surface area contributed by atoms with Gasteiger partial charge < -0.3 is 15.3 Å². The SMILES string of the molecule is O=C(NC(CCN1CCC(O)(Cn2nnc3ccccc32)CC1)c1ccccc1)c1ccc(F)cc1. The lowest BCUT2D eigenvalue weighted by molar-refractivity contribution is -0.0363. The summed E-state index contributed by atoms with van der Waals surface area (Å²) < 4.78 is 15.1. The molecule has 0 radical (unpaired) electrons. The van der Waals surface area contributed by atoms with Gasteiger partial charge in [-0.05, 0) is 61.2 Å². The van der Waals surface area contributed by atoms with Gasteiger partial charge >= 0.3 is 0 Å². The van der Waals surface area contributed by atoms with Gasteiger partial charge in [0.15, 0.2) is 0 Å². The van der Waals surface area contributed by atoms with Crippen molar-refractivity contribution in [3.8, 4) is 0 Å². The molecular formula is C28H30FN5O2. The summed E-state index contributed by atoms with van der Waals surface area (Å²) in [6.45, 7) is 2.72. The van der Waals surface area contributed by atoms with Crippen LogP contribution in [-0.4, -0.2) is 56.1 Å². The molecule has 0 saturated carbocycles. The van der Waals surface area contributed by atoms with Crippen molar-refractivity contribution in [2.45, 2.75) is 37.5 Å². The maximum Gasteiger partial charge on any atom is 0.251 e. The van der Waals surface area contributed by atoms with Crippen molar-refractivity contribution in [1.82, 2.24) is 25.2 Å². The van der Waals surface area contributed by atoms with Crippen molar-refractivity contribution in [3.05, 3.63) is 95.8 Å². The summed E-state index contributed by atoms with van der Waals surface area (Å²) in [6.07, 6.45) is 2.00. The molecule has 0 spiro atoms. The topological polar surface area (TPSA) is 83.3 Å². The third-order valence-corrected chi connectivity index (χ3v) is 7.00. The van der Waals surface area contributed by atoms with Crippen LogP contribution in [0.3, 0.4) is 0 Å². The van der Waals surface area contributed by atoms with Crippen LogP contribution in [0.25, 0.3) is 11.0 Å². The highest BCUT2D eigenvalue weighted by Crippen LogP contribution is 2.27. The number of aliphatic hydroxyl groups is 1. The Morgan fingerprint density at radius 1 is 1.00 bits per heavy atom. The summed E-state index contributed by atoms with van der Waals surface area (Å²) in [5.41, 5.74) is 2.38. The molecule has 0 aliphatic carbocycles. The van der Waals surface area contributed by atoms with Crippen molar-refractivity contribution in [2.75, 3.05) is 19.6 Å². The standard InChI is InChI=1S/C28H30FN5O2/c29-23-12-10-22(11-13-23)27(35)30-24(21-6-2-1-3-7-21)14-17-33-18-15-28(36,16-19-33)20-34-26-9-5-4-8-25(26)31-32-34/h1-13,24,36H,14-20H2,(H,30,35). The molecule has 7 nitrogen and oxygen atoms in total. The lowest BCUT2D eigenvalue weighted by atomic mass is 9.91. The number of para-hydroxylation sites is 1. The van der Waals surface area contributed by atoms with Gasteiger partial charge in [0.2, 0.25) is 0 Å². The molecule has 1 aliphatic rings. The van der Waals surface area contributed by atoms with E-state index >= 15 is 0 Å². The molecule has 36 heavy (non-hydrogen) atoms. The first-order valence-corrected chi connectivity index (χ1v) is 12.3. The van der Waals surface area contributed by atoms with Crippen LogP contribution in [-0.2, 0) is 6.54 Å². The molecule has 2 heterocycles. The van der Waals surface area contributed by atoms with Crippen molar-refractivity contribution < 1.29 is 14.3 Å². The Labute approximate surface area is 209 Å². The Hall–Kier alpha value is -3.62. The molecule has 1 saturated heterocycles. The van der Waals surface area contributed by atoms with E-state index in [1.54, 1.807) is 4.68 Å². The predicted octanol–water partition coefficient (Wildman–Crippen LogP) is 3.96. The number of nitrogens with zero attached hydrogens (tertiary/aromatic N) is 4. The molecule has 1 unspecified atom stereocenters. The van der Waals surface area contributed by atoms with E-state index in [4.69, 9.17) is 0 Å². The molecule has 1 fully saturated rings. The summed E-state index contributed by atoms with van der Waals surface area (Å²) >= 11 is 0. The number of hydrogen-bond acceptors (Lipinski definition) is 5. The van der Waals surface area contributed by atoms with E-state index in [0.717, 1.165) is 42.7 Å². The number of rotatable bonds is 8. The highest BCUT2D eigenvalue weighted by Gasteiger charge is 2.33. The zero-order valence-electron chi connectivity index (χ0n) is 20.1. The average Bonchev–Trinajstić information content (AvgIpc) is 3.30. The van der Waals surface area contributed by atoms with E-state index in [-0.39, 0.29) is 17.8 Å². The molecule has 1 aliphatic heterocycles. The fraction of sp³-hybridized carbons (Fsp3) is 0.321. The summed E-state index contributed by atoms with van der Waals surface area (Å²) in [5, 5.41) is 22.8. The number of fused-ring (bicyclic) bond motifs is 1. The Morgan fingerprint density at radius 3 is 2.44 bits per heavy atom. The van der Waals surface area contributed by atoms with Crippen LogP contribution < -0.4 is 5.32 Å². The highest BCUT2D eigenvalue weighted by atomic mass is 19.1. The normalized spacial score (nSPS) is 16.6. The smallest absolute Gasteiger partial charge is 0.251 e. The van der Waals surface area contributed by atoms with Gasteiger partial charge in [0.05, 0.1) is 23.7 Å². The summed E-state index contributed by atoms with van der Waals surface area (Å²) in [5.74, 6) is -0.592. The third kappa shape index (κ3) is 5.61. The number of carbonyl (C=O) groups excluding carboxylic acids is 1. The minimum absolute atomic E-state index is 0.175. The fourth-order valence-corrected chi connectivity index (χ4v) is 4.83. The first-order chi connectivity index (χ1) is 17.5. The second-order valence-corrected chi connectivity index (χ2v) is 9.53. The lowest BCUT2D eigenvalue weighted by Crippen LogP contribution is -2.47. The summed E-state index contributed by atoms with van der Waals surface area (Å²) in [7, 11) is 0. The van der Waals surface area contributed by atoms with Crippen LogP contribution in [0.4, 0.5) is 4.39 Å². The Morgan fingerprint density at radius 2 is 1.69 bits per heavy atom. The third-order valence-electron chi connectivity index (χ3n) is 7.00. The molecule has 3 aromatic carbocycles. The van der Waals surface area contributed by atoms with Gasteiger partial charge in [0, 0.05) is 25.2 Å². The number of nitrogens with one attached hydrogen (secondary N) is 1. The van der Waals surface area contributed by atoms with E-state index < -0.39 is 5.60 Å². The summed E-state index contributed by atoms with van der Waals surface area (Å²) in [6, 6.07) is 23.1. The number of likely N-dealkylation sites (tertiary alicyclic amines) is 1. The quantitative estimate of drug-likeness (QED) is 0.393. The van der Waals surface area contributed by atoms with Gasteiger partial charge in [0.1, 0.15) is 11.3 Å². The predicted molar refractivity (Wildman–Crippen MR) is 136 cm³/mol. The minimum atomic E-state index is -0.831. The Kier molecular flexibility index (Phi) is 7.06. The largest absolute Gasteiger partial charge is 0.388 e. The van der Waals surface area contributed by atoms with Gasteiger partial charge in [-0.15, -0.1) is 5.10 Å². The van der Waals surface area contributed by atoms with E-state index in [9.17, 15) is 14.3 Å². The molecule has 1 atom stereocenters. The molecule has 5 rings (SSSR count). The van der Waals surface area contributed by atoms with Crippen LogP contribution >= 0.6 is 0 Å². The lowest BCUT2D eigenvalue weighted by Gasteiger charge is -2.38. The number of benzene rings is 3. The summed E-state index contributed by atoms with van der Waals surface area (Å²) in [4.78, 5) is 15.2. The van der Waals surface area contributed by atoms with Crippen LogP contribution in [0.5, 0.6) is 0 Å². The van der Waals surface area contributed by atoms with E-state index in [1.165, 1.54) is 24.3 Å². The van der Waals surface area contributed by atoms with Gasteiger partial charge in [-0.1, -0.05) is 47.7 Å². The van der Waals surface area contributed by atoms with Gasteiger partial charge in [-0.25, -0.2) is 9.07 Å². The number of amides is 1.